The molecule has 0 amide bonds. The van der Waals surface area contributed by atoms with Gasteiger partial charge in [0, 0.05) is 17.0 Å². The molecule has 0 saturated heterocycles. The molecule has 0 aliphatic rings. The van der Waals surface area contributed by atoms with Crippen LogP contribution in [0.15, 0.2) is 140 Å². The first-order valence-electron chi connectivity index (χ1n) is 14.4. The lowest BCUT2D eigenvalue weighted by Crippen LogP contribution is -1.95. The van der Waals surface area contributed by atoms with Crippen LogP contribution in [0.2, 0.25) is 0 Å². The number of nitrogens with zero attached hydrogens (tertiary/aromatic N) is 3. The third kappa shape index (κ3) is 3.44. The van der Waals surface area contributed by atoms with Crippen molar-refractivity contribution in [1.82, 2.24) is 9.55 Å². The van der Waals surface area contributed by atoms with Gasteiger partial charge in [0.1, 0.15) is 0 Å². The van der Waals surface area contributed by atoms with Crippen molar-refractivity contribution in [3.8, 4) is 34.0 Å². The molecule has 43 heavy (non-hydrogen) atoms. The molecule has 9 aromatic rings. The van der Waals surface area contributed by atoms with Crippen LogP contribution < -0.4 is 0 Å². The van der Waals surface area contributed by atoms with Gasteiger partial charge in [-0.1, -0.05) is 91.0 Å². The lowest BCUT2D eigenvalue weighted by molar-refractivity contribution is 1.14. The molecular weight excluding hydrogens is 522 g/mol. The standard InChI is InChI=1S/C40H23N3/c41-23-25-19-27-14-15-28-21-29(22-38-40(28)39(27)37(20-25)43(38)30-9-6-18-42-24-30)32-16-17-36(35-12-4-3-11-33(32)35)34-13-5-8-26-7-1-2-10-31(26)34/h1-22,24H. The van der Waals surface area contributed by atoms with E-state index in [9.17, 15) is 5.26 Å². The maximum absolute atomic E-state index is 9.83. The number of fused-ring (bicyclic) bond motifs is 2. The van der Waals surface area contributed by atoms with Gasteiger partial charge in [-0.15, -0.1) is 0 Å². The molecule has 9 rings (SSSR count). The SMILES string of the molecule is N#Cc1cc2ccc3cc(-c4ccc(-c5cccc6ccccc56)c5ccccc45)cc4c3c2c(c1)n4-c1cccnc1. The van der Waals surface area contributed by atoms with Crippen molar-refractivity contribution in [2.45, 2.75) is 0 Å². The zero-order valence-electron chi connectivity index (χ0n) is 23.1. The summed E-state index contributed by atoms with van der Waals surface area (Å²) in [6.45, 7) is 0. The molecule has 0 aliphatic heterocycles. The van der Waals surface area contributed by atoms with Crippen LogP contribution in [0.1, 0.15) is 5.56 Å². The number of benzene rings is 7. The van der Waals surface area contributed by atoms with Crippen LogP contribution in [0.5, 0.6) is 0 Å². The van der Waals surface area contributed by atoms with Gasteiger partial charge in [-0.05, 0) is 91.0 Å². The number of nitriles is 1. The van der Waals surface area contributed by atoms with Crippen molar-refractivity contribution in [2.24, 2.45) is 0 Å². The summed E-state index contributed by atoms with van der Waals surface area (Å²) in [4.78, 5) is 4.44. The van der Waals surface area contributed by atoms with Gasteiger partial charge in [0.05, 0.1) is 34.6 Å². The van der Waals surface area contributed by atoms with E-state index in [2.05, 4.69) is 125 Å². The first-order valence-corrected chi connectivity index (χ1v) is 14.4. The topological polar surface area (TPSA) is 41.6 Å². The minimum absolute atomic E-state index is 0.652. The zero-order valence-corrected chi connectivity index (χ0v) is 23.1. The van der Waals surface area contributed by atoms with Crippen LogP contribution in [0, 0.1) is 11.3 Å². The number of hydrogen-bond donors (Lipinski definition) is 0. The van der Waals surface area contributed by atoms with Crippen molar-refractivity contribution in [3.05, 3.63) is 145 Å². The molecule has 0 unspecified atom stereocenters. The lowest BCUT2D eigenvalue weighted by atomic mass is 9.89. The van der Waals surface area contributed by atoms with Gasteiger partial charge in [0.2, 0.25) is 0 Å². The van der Waals surface area contributed by atoms with E-state index in [1.165, 1.54) is 54.4 Å². The third-order valence-electron chi connectivity index (χ3n) is 8.82. The highest BCUT2D eigenvalue weighted by Gasteiger charge is 2.20. The summed E-state index contributed by atoms with van der Waals surface area (Å²) >= 11 is 0. The van der Waals surface area contributed by atoms with Gasteiger partial charge in [0.25, 0.3) is 0 Å². The summed E-state index contributed by atoms with van der Waals surface area (Å²) in [5, 5.41) is 19.4. The molecule has 7 aromatic carbocycles. The third-order valence-corrected chi connectivity index (χ3v) is 8.82. The van der Waals surface area contributed by atoms with Crippen molar-refractivity contribution >= 4 is 54.1 Å². The highest BCUT2D eigenvalue weighted by Crippen LogP contribution is 2.44. The lowest BCUT2D eigenvalue weighted by Gasteiger charge is -2.15. The smallest absolute Gasteiger partial charge is 0.0992 e. The number of hydrogen-bond acceptors (Lipinski definition) is 2. The number of pyridine rings is 1. The molecule has 0 bridgehead atoms. The summed E-state index contributed by atoms with van der Waals surface area (Å²) in [5.41, 5.74) is 8.59. The molecule has 198 valence electrons. The fraction of sp³-hybridized carbons (Fsp3) is 0. The van der Waals surface area contributed by atoms with E-state index in [1.807, 2.05) is 24.4 Å². The van der Waals surface area contributed by atoms with Crippen molar-refractivity contribution in [3.63, 3.8) is 0 Å². The Balaban J connectivity index is 1.36. The van der Waals surface area contributed by atoms with E-state index < -0.39 is 0 Å². The van der Waals surface area contributed by atoms with Crippen LogP contribution in [0.3, 0.4) is 0 Å². The van der Waals surface area contributed by atoms with Crippen LogP contribution in [-0.4, -0.2) is 9.55 Å². The van der Waals surface area contributed by atoms with Crippen LogP contribution in [0.25, 0.3) is 82.1 Å². The average Bonchev–Trinajstić information content (AvgIpc) is 3.41. The first kappa shape index (κ1) is 23.7. The fourth-order valence-corrected chi connectivity index (χ4v) is 7.00. The fourth-order valence-electron chi connectivity index (χ4n) is 7.00. The molecule has 0 saturated carbocycles. The number of aromatic nitrogens is 2. The predicted octanol–water partition coefficient (Wildman–Crippen LogP) is 10.3. The van der Waals surface area contributed by atoms with Crippen LogP contribution >= 0.6 is 0 Å². The summed E-state index contributed by atoms with van der Waals surface area (Å²) in [6.07, 6.45) is 3.69. The molecule has 3 nitrogen and oxygen atoms in total. The molecule has 0 atom stereocenters. The van der Waals surface area contributed by atoms with E-state index in [0.29, 0.717) is 5.56 Å². The Kier molecular flexibility index (Phi) is 4.97. The van der Waals surface area contributed by atoms with Gasteiger partial charge in [0.15, 0.2) is 0 Å². The van der Waals surface area contributed by atoms with E-state index in [0.717, 1.165) is 27.7 Å². The Morgan fingerprint density at radius 2 is 1.21 bits per heavy atom. The predicted molar refractivity (Wildman–Crippen MR) is 178 cm³/mol. The second-order valence-electron chi connectivity index (χ2n) is 11.1. The van der Waals surface area contributed by atoms with Gasteiger partial charge < -0.3 is 4.57 Å². The summed E-state index contributed by atoms with van der Waals surface area (Å²) in [5.74, 6) is 0. The summed E-state index contributed by atoms with van der Waals surface area (Å²) in [6, 6.07) is 47.8. The van der Waals surface area contributed by atoms with E-state index in [-0.39, 0.29) is 0 Å². The second-order valence-corrected chi connectivity index (χ2v) is 11.1. The van der Waals surface area contributed by atoms with E-state index in [1.54, 1.807) is 6.20 Å². The zero-order chi connectivity index (χ0) is 28.5. The molecule has 0 radical (unpaired) electrons. The summed E-state index contributed by atoms with van der Waals surface area (Å²) < 4.78 is 2.26. The van der Waals surface area contributed by atoms with Crippen LogP contribution in [-0.2, 0) is 0 Å². The summed E-state index contributed by atoms with van der Waals surface area (Å²) in [7, 11) is 0. The van der Waals surface area contributed by atoms with Gasteiger partial charge in [-0.25, -0.2) is 0 Å². The molecule has 0 spiro atoms. The molecule has 2 aromatic heterocycles. The molecule has 0 fully saturated rings. The maximum Gasteiger partial charge on any atom is 0.0992 e. The van der Waals surface area contributed by atoms with Gasteiger partial charge in [-0.3, -0.25) is 4.98 Å². The Labute approximate surface area is 247 Å². The highest BCUT2D eigenvalue weighted by molar-refractivity contribution is 6.25. The molecule has 0 aliphatic carbocycles. The van der Waals surface area contributed by atoms with E-state index in [4.69, 9.17) is 0 Å². The molecular formula is C40H23N3. The minimum Gasteiger partial charge on any atom is -0.308 e. The van der Waals surface area contributed by atoms with Gasteiger partial charge >= 0.3 is 0 Å². The van der Waals surface area contributed by atoms with E-state index >= 15 is 0 Å². The molecule has 3 heteroatoms. The normalized spacial score (nSPS) is 11.7. The Bertz CT molecular complexity index is 2560. The van der Waals surface area contributed by atoms with Crippen molar-refractivity contribution < 1.29 is 0 Å². The largest absolute Gasteiger partial charge is 0.308 e. The maximum atomic E-state index is 9.83. The monoisotopic (exact) mass is 545 g/mol. The Morgan fingerprint density at radius 1 is 0.535 bits per heavy atom. The highest BCUT2D eigenvalue weighted by atomic mass is 15.0. The molecule has 2 heterocycles. The Morgan fingerprint density at radius 3 is 2.00 bits per heavy atom. The Hall–Kier alpha value is -5.98. The van der Waals surface area contributed by atoms with Gasteiger partial charge in [-0.2, -0.15) is 5.26 Å². The molecule has 0 N–H and O–H groups in total. The minimum atomic E-state index is 0.652. The average molecular weight is 546 g/mol. The van der Waals surface area contributed by atoms with Crippen LogP contribution in [0.4, 0.5) is 0 Å². The van der Waals surface area contributed by atoms with Crippen molar-refractivity contribution in [1.29, 1.82) is 5.26 Å². The second kappa shape index (κ2) is 9.01. The quantitative estimate of drug-likeness (QED) is 0.207. The number of rotatable bonds is 3. The first-order chi connectivity index (χ1) is 21.3. The van der Waals surface area contributed by atoms with Crippen molar-refractivity contribution in [2.75, 3.05) is 0 Å².